The molecule has 1 aromatic heterocycles. The lowest BCUT2D eigenvalue weighted by Crippen LogP contribution is -2.33. The third kappa shape index (κ3) is 8.54. The number of carbonyl (C=O) groups excluding carboxylic acids is 1. The molecule has 39 heavy (non-hydrogen) atoms. The van der Waals surface area contributed by atoms with Gasteiger partial charge in [0, 0.05) is 24.2 Å². The number of rotatable bonds is 11. The molecular formula is C28H34N4O6S. The Bertz CT molecular complexity index is 1420. The summed E-state index contributed by atoms with van der Waals surface area (Å²) in [6, 6.07) is 17.7. The number of carbonyl (C=O) groups is 1. The zero-order valence-electron chi connectivity index (χ0n) is 22.0. The summed E-state index contributed by atoms with van der Waals surface area (Å²) < 4.78 is 37.1. The summed E-state index contributed by atoms with van der Waals surface area (Å²) in [5, 5.41) is 7.19. The van der Waals surface area contributed by atoms with Crippen LogP contribution in [0.5, 0.6) is 0 Å². The van der Waals surface area contributed by atoms with Gasteiger partial charge in [-0.1, -0.05) is 60.2 Å². The molecule has 208 valence electrons. The Morgan fingerprint density at radius 1 is 1.00 bits per heavy atom. The third-order valence-electron chi connectivity index (χ3n) is 6.91. The zero-order chi connectivity index (χ0) is 27.8. The van der Waals surface area contributed by atoms with Crippen LogP contribution in [0.25, 0.3) is 22.5 Å². The van der Waals surface area contributed by atoms with Crippen molar-refractivity contribution in [2.24, 2.45) is 11.8 Å². The molecule has 3 aromatic rings. The van der Waals surface area contributed by atoms with Gasteiger partial charge in [-0.25, -0.2) is 9.48 Å². The molecule has 0 bridgehead atoms. The molecule has 0 spiro atoms. The highest BCUT2D eigenvalue weighted by Crippen LogP contribution is 2.31. The first-order chi connectivity index (χ1) is 18.7. The van der Waals surface area contributed by atoms with Gasteiger partial charge >= 0.3 is 5.69 Å². The molecular weight excluding hydrogens is 520 g/mol. The Hall–Kier alpha value is -3.41. The topological polar surface area (TPSA) is 140 Å². The maximum absolute atomic E-state index is 13.0. The lowest BCUT2D eigenvalue weighted by molar-refractivity contribution is -0.126. The first-order valence-corrected chi connectivity index (χ1v) is 14.7. The molecule has 0 atom stereocenters. The molecule has 2 N–H and O–H groups in total. The predicted molar refractivity (Wildman–Crippen MR) is 148 cm³/mol. The van der Waals surface area contributed by atoms with Crippen LogP contribution in [0.2, 0.25) is 0 Å². The van der Waals surface area contributed by atoms with E-state index in [9.17, 15) is 18.0 Å². The van der Waals surface area contributed by atoms with Crippen LogP contribution < -0.4 is 11.0 Å². The average molecular weight is 555 g/mol. The number of amides is 1. The molecule has 1 aliphatic rings. The van der Waals surface area contributed by atoms with Crippen LogP contribution in [0, 0.1) is 18.8 Å². The molecule has 1 heterocycles. The molecule has 1 fully saturated rings. The summed E-state index contributed by atoms with van der Waals surface area (Å²) in [4.78, 5) is 29.2. The first kappa shape index (κ1) is 28.6. The summed E-state index contributed by atoms with van der Waals surface area (Å²) >= 11 is 0. The highest BCUT2D eigenvalue weighted by atomic mass is 32.2. The number of hydrogen-bond acceptors (Lipinski definition) is 7. The van der Waals surface area contributed by atoms with Crippen LogP contribution >= 0.6 is 0 Å². The van der Waals surface area contributed by atoms with Crippen LogP contribution in [-0.2, 0) is 26.2 Å². The van der Waals surface area contributed by atoms with Crippen molar-refractivity contribution in [2.45, 2.75) is 39.2 Å². The maximum Gasteiger partial charge on any atom is 0.364 e. The number of benzene rings is 2. The Morgan fingerprint density at radius 3 is 2.31 bits per heavy atom. The monoisotopic (exact) mass is 554 g/mol. The van der Waals surface area contributed by atoms with E-state index in [0.717, 1.165) is 42.4 Å². The van der Waals surface area contributed by atoms with Crippen molar-refractivity contribution < 1.29 is 22.5 Å². The van der Waals surface area contributed by atoms with Crippen molar-refractivity contribution in [1.82, 2.24) is 20.1 Å². The smallest absolute Gasteiger partial charge is 0.364 e. The molecule has 0 saturated heterocycles. The highest BCUT2D eigenvalue weighted by molar-refractivity contribution is 7.85. The maximum atomic E-state index is 13.0. The standard InChI is InChI=1S/C28H34N4O6S/c1-20-7-13-24(14-8-20)27-26(23-5-3-2-4-6-23)30-28(34)32(31-27)17-21-9-11-22(12-10-21)18-38-19-25(33)29-15-16-39(35,36)37/h2-8,13-14,21-22H,9-12,15-19H2,1H3,(H,29,33)(H,35,36,37)/t21-,22+. The van der Waals surface area contributed by atoms with Crippen LogP contribution in [0.15, 0.2) is 59.4 Å². The van der Waals surface area contributed by atoms with E-state index in [2.05, 4.69) is 10.3 Å². The molecule has 0 aliphatic heterocycles. The van der Waals surface area contributed by atoms with Crippen LogP contribution in [0.1, 0.15) is 31.2 Å². The molecule has 10 nitrogen and oxygen atoms in total. The van der Waals surface area contributed by atoms with Crippen molar-refractivity contribution in [3.63, 3.8) is 0 Å². The van der Waals surface area contributed by atoms with E-state index in [1.54, 1.807) is 0 Å². The minimum absolute atomic E-state index is 0.160. The van der Waals surface area contributed by atoms with Crippen molar-refractivity contribution in [1.29, 1.82) is 0 Å². The second kappa shape index (κ2) is 13.1. The van der Waals surface area contributed by atoms with Crippen molar-refractivity contribution >= 4 is 16.0 Å². The molecule has 1 amide bonds. The van der Waals surface area contributed by atoms with Crippen molar-refractivity contribution in [3.8, 4) is 22.5 Å². The van der Waals surface area contributed by atoms with Crippen molar-refractivity contribution in [2.75, 3.05) is 25.5 Å². The van der Waals surface area contributed by atoms with Gasteiger partial charge in [0.2, 0.25) is 5.91 Å². The van der Waals surface area contributed by atoms with E-state index < -0.39 is 21.8 Å². The van der Waals surface area contributed by atoms with Crippen LogP contribution in [0.4, 0.5) is 0 Å². The number of nitrogens with zero attached hydrogens (tertiary/aromatic N) is 3. The fourth-order valence-electron chi connectivity index (χ4n) is 4.75. The number of nitrogens with one attached hydrogen (secondary N) is 1. The number of ether oxygens (including phenoxy) is 1. The quantitative estimate of drug-likeness (QED) is 0.345. The van der Waals surface area contributed by atoms with Gasteiger partial charge in [-0.05, 0) is 44.4 Å². The van der Waals surface area contributed by atoms with E-state index in [-0.39, 0.29) is 24.8 Å². The molecule has 11 heteroatoms. The minimum atomic E-state index is -4.11. The van der Waals surface area contributed by atoms with Gasteiger partial charge in [-0.3, -0.25) is 9.35 Å². The number of aromatic nitrogens is 3. The fraction of sp³-hybridized carbons (Fsp3) is 0.429. The molecule has 2 aromatic carbocycles. The van der Waals surface area contributed by atoms with E-state index in [4.69, 9.17) is 14.4 Å². The second-order valence-corrected chi connectivity index (χ2v) is 11.6. The van der Waals surface area contributed by atoms with Gasteiger partial charge < -0.3 is 10.1 Å². The fourth-order valence-corrected chi connectivity index (χ4v) is 5.11. The lowest BCUT2D eigenvalue weighted by Gasteiger charge is -2.28. The van der Waals surface area contributed by atoms with E-state index >= 15 is 0 Å². The second-order valence-electron chi connectivity index (χ2n) is 10.0. The Balaban J connectivity index is 1.34. The lowest BCUT2D eigenvalue weighted by atomic mass is 9.82. The van der Waals surface area contributed by atoms with Gasteiger partial charge in [0.1, 0.15) is 18.0 Å². The van der Waals surface area contributed by atoms with Crippen LogP contribution in [-0.4, -0.2) is 59.2 Å². The molecule has 1 aliphatic carbocycles. The largest absolute Gasteiger partial charge is 0.371 e. The predicted octanol–water partition coefficient (Wildman–Crippen LogP) is 3.11. The van der Waals surface area contributed by atoms with Gasteiger partial charge in [-0.15, -0.1) is 0 Å². The third-order valence-corrected chi connectivity index (χ3v) is 7.63. The van der Waals surface area contributed by atoms with E-state index in [0.29, 0.717) is 30.5 Å². The average Bonchev–Trinajstić information content (AvgIpc) is 2.91. The summed E-state index contributed by atoms with van der Waals surface area (Å²) in [5.41, 5.74) is 3.78. The van der Waals surface area contributed by atoms with Crippen molar-refractivity contribution in [3.05, 3.63) is 70.6 Å². The van der Waals surface area contributed by atoms with Gasteiger partial charge in [0.15, 0.2) is 0 Å². The Labute approximate surface area is 228 Å². The molecule has 1 saturated carbocycles. The SMILES string of the molecule is Cc1ccc(-c2nn(C[C@H]3CC[C@@H](COCC(=O)NCCS(=O)(=O)O)CC3)c(=O)nc2-c2ccccc2)cc1. The summed E-state index contributed by atoms with van der Waals surface area (Å²) in [6.07, 6.45) is 3.63. The van der Waals surface area contributed by atoms with Gasteiger partial charge in [0.25, 0.3) is 10.1 Å². The first-order valence-electron chi connectivity index (χ1n) is 13.1. The number of hydrogen-bond donors (Lipinski definition) is 2. The van der Waals surface area contributed by atoms with E-state index in [1.165, 1.54) is 4.68 Å². The van der Waals surface area contributed by atoms with E-state index in [1.807, 2.05) is 61.5 Å². The van der Waals surface area contributed by atoms with Gasteiger partial charge in [0.05, 0.1) is 12.4 Å². The molecule has 0 unspecified atom stereocenters. The summed E-state index contributed by atoms with van der Waals surface area (Å²) in [7, 11) is -4.11. The van der Waals surface area contributed by atoms with Crippen LogP contribution in [0.3, 0.4) is 0 Å². The number of aryl methyl sites for hydroxylation is 1. The minimum Gasteiger partial charge on any atom is -0.371 e. The zero-order valence-corrected chi connectivity index (χ0v) is 22.8. The summed E-state index contributed by atoms with van der Waals surface area (Å²) in [5.74, 6) is -0.366. The normalized spacial score (nSPS) is 17.6. The summed E-state index contributed by atoms with van der Waals surface area (Å²) in [6.45, 7) is 2.63. The Morgan fingerprint density at radius 2 is 1.64 bits per heavy atom. The molecule has 0 radical (unpaired) electrons. The highest BCUT2D eigenvalue weighted by Gasteiger charge is 2.24. The Kier molecular flexibility index (Phi) is 9.60. The molecule has 4 rings (SSSR count). The van der Waals surface area contributed by atoms with Gasteiger partial charge in [-0.2, -0.15) is 18.5 Å².